The zero-order valence-corrected chi connectivity index (χ0v) is 11.6. The Hall–Kier alpha value is -0.830. The topological polar surface area (TPSA) is 29.9 Å². The van der Waals surface area contributed by atoms with Crippen molar-refractivity contribution >= 4 is 0 Å². The number of nitrogens with zero attached hydrogens (tertiary/aromatic N) is 2. The standard InChI is InChI=1S/C15H25N3/c1-16-13(7-8-14-17-9-10-18(14)2)15-11-5-3-4-6-12(11)15/h9-13,15-16H,3-8H2,1-2H3. The largest absolute Gasteiger partial charge is 0.338 e. The summed E-state index contributed by atoms with van der Waals surface area (Å²) in [5.41, 5.74) is 0. The average Bonchev–Trinajstić information content (AvgIpc) is 2.97. The van der Waals surface area contributed by atoms with E-state index in [1.54, 1.807) is 0 Å². The van der Waals surface area contributed by atoms with E-state index < -0.39 is 0 Å². The van der Waals surface area contributed by atoms with Crippen LogP contribution in [0.15, 0.2) is 12.4 Å². The first-order valence-corrected chi connectivity index (χ1v) is 7.44. The third kappa shape index (κ3) is 2.20. The maximum atomic E-state index is 4.43. The molecule has 0 saturated heterocycles. The van der Waals surface area contributed by atoms with Gasteiger partial charge < -0.3 is 9.88 Å². The number of nitrogens with one attached hydrogen (secondary N) is 1. The van der Waals surface area contributed by atoms with Gasteiger partial charge in [-0.15, -0.1) is 0 Å². The van der Waals surface area contributed by atoms with Crippen LogP contribution in [0.4, 0.5) is 0 Å². The molecule has 0 radical (unpaired) electrons. The molecule has 1 aromatic heterocycles. The predicted octanol–water partition coefficient (Wildman–Crippen LogP) is 2.38. The summed E-state index contributed by atoms with van der Waals surface area (Å²) in [7, 11) is 4.22. The highest BCUT2D eigenvalue weighted by Crippen LogP contribution is 2.57. The second-order valence-electron chi connectivity index (χ2n) is 6.08. The molecule has 18 heavy (non-hydrogen) atoms. The predicted molar refractivity (Wildman–Crippen MR) is 73.3 cm³/mol. The fourth-order valence-electron chi connectivity index (χ4n) is 4.10. The third-order valence-corrected chi connectivity index (χ3v) is 5.16. The highest BCUT2D eigenvalue weighted by molar-refractivity contribution is 5.05. The van der Waals surface area contributed by atoms with Gasteiger partial charge in [0.1, 0.15) is 5.82 Å². The monoisotopic (exact) mass is 247 g/mol. The van der Waals surface area contributed by atoms with Crippen molar-refractivity contribution in [3.63, 3.8) is 0 Å². The number of rotatable bonds is 5. The van der Waals surface area contributed by atoms with Gasteiger partial charge in [0.05, 0.1) is 0 Å². The Morgan fingerprint density at radius 3 is 2.67 bits per heavy atom. The molecule has 2 aliphatic carbocycles. The van der Waals surface area contributed by atoms with E-state index in [0.29, 0.717) is 6.04 Å². The van der Waals surface area contributed by atoms with Crippen molar-refractivity contribution in [3.8, 4) is 0 Å². The molecule has 3 unspecified atom stereocenters. The number of aryl methyl sites for hydroxylation is 2. The lowest BCUT2D eigenvalue weighted by Crippen LogP contribution is -2.29. The minimum atomic E-state index is 0.704. The van der Waals surface area contributed by atoms with Crippen LogP contribution < -0.4 is 5.32 Å². The maximum Gasteiger partial charge on any atom is 0.108 e. The number of hydrogen-bond acceptors (Lipinski definition) is 2. The third-order valence-electron chi connectivity index (χ3n) is 5.16. The van der Waals surface area contributed by atoms with Crippen LogP contribution in [0.1, 0.15) is 37.9 Å². The van der Waals surface area contributed by atoms with Crippen LogP contribution in [0.25, 0.3) is 0 Å². The van der Waals surface area contributed by atoms with E-state index in [1.165, 1.54) is 37.9 Å². The summed E-state index contributed by atoms with van der Waals surface area (Å²) in [5, 5.41) is 3.57. The average molecular weight is 247 g/mol. The number of imidazole rings is 1. The SMILES string of the molecule is CNC(CCc1nccn1C)C1C2CCCCC21. The van der Waals surface area contributed by atoms with Crippen molar-refractivity contribution in [2.24, 2.45) is 24.8 Å². The highest BCUT2D eigenvalue weighted by atomic mass is 15.0. The van der Waals surface area contributed by atoms with Gasteiger partial charge in [-0.25, -0.2) is 4.98 Å². The van der Waals surface area contributed by atoms with Gasteiger partial charge in [0, 0.05) is 31.9 Å². The zero-order chi connectivity index (χ0) is 12.5. The summed E-state index contributed by atoms with van der Waals surface area (Å²) >= 11 is 0. The Kier molecular flexibility index (Phi) is 3.42. The van der Waals surface area contributed by atoms with Crippen molar-refractivity contribution in [1.82, 2.24) is 14.9 Å². The molecule has 2 aliphatic rings. The van der Waals surface area contributed by atoms with E-state index >= 15 is 0 Å². The molecule has 0 spiro atoms. The Labute approximate surface area is 110 Å². The summed E-state index contributed by atoms with van der Waals surface area (Å²) in [6, 6.07) is 0.704. The summed E-state index contributed by atoms with van der Waals surface area (Å²) < 4.78 is 2.15. The van der Waals surface area contributed by atoms with Crippen LogP contribution in [0.5, 0.6) is 0 Å². The molecule has 2 saturated carbocycles. The minimum absolute atomic E-state index is 0.704. The quantitative estimate of drug-likeness (QED) is 0.866. The van der Waals surface area contributed by atoms with Crippen molar-refractivity contribution in [2.75, 3.05) is 7.05 Å². The summed E-state index contributed by atoms with van der Waals surface area (Å²) in [6.45, 7) is 0. The molecular weight excluding hydrogens is 222 g/mol. The Balaban J connectivity index is 1.56. The van der Waals surface area contributed by atoms with Gasteiger partial charge in [0.25, 0.3) is 0 Å². The molecule has 100 valence electrons. The van der Waals surface area contributed by atoms with Gasteiger partial charge in [0.2, 0.25) is 0 Å². The van der Waals surface area contributed by atoms with Gasteiger partial charge in [-0.2, -0.15) is 0 Å². The van der Waals surface area contributed by atoms with Crippen LogP contribution in [0, 0.1) is 17.8 Å². The summed E-state index contributed by atoms with van der Waals surface area (Å²) in [5.74, 6) is 4.26. The minimum Gasteiger partial charge on any atom is -0.338 e. The zero-order valence-electron chi connectivity index (χ0n) is 11.6. The lowest BCUT2D eigenvalue weighted by Gasteiger charge is -2.16. The van der Waals surface area contributed by atoms with Gasteiger partial charge in [0.15, 0.2) is 0 Å². The normalized spacial score (nSPS) is 32.0. The molecule has 0 bridgehead atoms. The van der Waals surface area contributed by atoms with E-state index in [9.17, 15) is 0 Å². The molecule has 1 aromatic rings. The van der Waals surface area contributed by atoms with E-state index in [2.05, 4.69) is 29.0 Å². The molecule has 3 nitrogen and oxygen atoms in total. The smallest absolute Gasteiger partial charge is 0.108 e. The molecule has 2 fully saturated rings. The Morgan fingerprint density at radius 2 is 2.11 bits per heavy atom. The fraction of sp³-hybridized carbons (Fsp3) is 0.800. The van der Waals surface area contributed by atoms with Crippen molar-refractivity contribution in [1.29, 1.82) is 0 Å². The van der Waals surface area contributed by atoms with E-state index in [4.69, 9.17) is 0 Å². The molecule has 1 N–H and O–H groups in total. The van der Waals surface area contributed by atoms with Crippen molar-refractivity contribution in [3.05, 3.63) is 18.2 Å². The van der Waals surface area contributed by atoms with Gasteiger partial charge >= 0.3 is 0 Å². The first kappa shape index (κ1) is 12.2. The molecule has 3 atom stereocenters. The van der Waals surface area contributed by atoms with Crippen molar-refractivity contribution in [2.45, 2.75) is 44.6 Å². The van der Waals surface area contributed by atoms with Gasteiger partial charge in [-0.1, -0.05) is 12.8 Å². The van der Waals surface area contributed by atoms with Gasteiger partial charge in [-0.05, 0) is 44.1 Å². The molecular formula is C15H25N3. The Bertz CT molecular complexity index is 386. The highest BCUT2D eigenvalue weighted by Gasteiger charge is 2.53. The molecule has 0 amide bonds. The number of aromatic nitrogens is 2. The Morgan fingerprint density at radius 1 is 1.39 bits per heavy atom. The van der Waals surface area contributed by atoms with Crippen LogP contribution in [-0.4, -0.2) is 22.6 Å². The molecule has 3 rings (SSSR count). The van der Waals surface area contributed by atoms with Crippen LogP contribution in [-0.2, 0) is 13.5 Å². The molecule has 0 aliphatic heterocycles. The van der Waals surface area contributed by atoms with E-state index in [1.807, 2.05) is 12.4 Å². The molecule has 1 heterocycles. The molecule has 3 heteroatoms. The van der Waals surface area contributed by atoms with Crippen LogP contribution in [0.2, 0.25) is 0 Å². The summed E-state index contributed by atoms with van der Waals surface area (Å²) in [6.07, 6.45) is 12.2. The molecule has 0 aromatic carbocycles. The lowest BCUT2D eigenvalue weighted by atomic mass is 10.0. The number of fused-ring (bicyclic) bond motifs is 1. The lowest BCUT2D eigenvalue weighted by molar-refractivity contribution is 0.430. The van der Waals surface area contributed by atoms with Gasteiger partial charge in [-0.3, -0.25) is 0 Å². The maximum absolute atomic E-state index is 4.43. The van der Waals surface area contributed by atoms with Crippen molar-refractivity contribution < 1.29 is 0 Å². The number of hydrogen-bond donors (Lipinski definition) is 1. The van der Waals surface area contributed by atoms with E-state index in [-0.39, 0.29) is 0 Å². The second-order valence-corrected chi connectivity index (χ2v) is 6.08. The first-order valence-electron chi connectivity index (χ1n) is 7.44. The fourth-order valence-corrected chi connectivity index (χ4v) is 4.10. The van der Waals surface area contributed by atoms with Crippen LogP contribution in [0.3, 0.4) is 0 Å². The second kappa shape index (κ2) is 5.04. The summed E-state index contributed by atoms with van der Waals surface area (Å²) in [4.78, 5) is 4.43. The first-order chi connectivity index (χ1) is 8.81. The van der Waals surface area contributed by atoms with Crippen LogP contribution >= 0.6 is 0 Å². The van der Waals surface area contributed by atoms with E-state index in [0.717, 1.165) is 24.2 Å².